The Kier molecular flexibility index (Phi) is 4.15. The summed E-state index contributed by atoms with van der Waals surface area (Å²) < 4.78 is 10.1. The van der Waals surface area contributed by atoms with Gasteiger partial charge >= 0.3 is 5.97 Å². The van der Waals surface area contributed by atoms with Crippen molar-refractivity contribution in [1.82, 2.24) is 0 Å². The van der Waals surface area contributed by atoms with Crippen LogP contribution < -0.4 is 4.74 Å². The van der Waals surface area contributed by atoms with E-state index in [4.69, 9.17) is 9.47 Å². The van der Waals surface area contributed by atoms with Gasteiger partial charge in [0.15, 0.2) is 0 Å². The number of carbonyl (C=O) groups excluding carboxylic acids is 1. The van der Waals surface area contributed by atoms with Gasteiger partial charge in [0.05, 0.1) is 7.11 Å². The molecular weight excluding hydrogens is 220 g/mol. The summed E-state index contributed by atoms with van der Waals surface area (Å²) in [6, 6.07) is 3.27. The van der Waals surface area contributed by atoms with Gasteiger partial charge in [-0.25, -0.2) is 4.79 Å². The molecule has 1 aromatic rings. The number of ether oxygens (including phenoxy) is 2. The molecule has 0 radical (unpaired) electrons. The number of hydrogen-bond acceptors (Lipinski definition) is 4. The third kappa shape index (κ3) is 3.24. The van der Waals surface area contributed by atoms with Gasteiger partial charge in [0.25, 0.3) is 0 Å². The van der Waals surface area contributed by atoms with Crippen molar-refractivity contribution in [3.8, 4) is 11.5 Å². The lowest BCUT2D eigenvalue weighted by molar-refractivity contribution is -0.140. The lowest BCUT2D eigenvalue weighted by Gasteiger charge is -2.10. The molecule has 1 aromatic carbocycles. The van der Waals surface area contributed by atoms with Crippen LogP contribution >= 0.6 is 0 Å². The third-order valence-electron chi connectivity index (χ3n) is 2.33. The molecule has 0 bridgehead atoms. The summed E-state index contributed by atoms with van der Waals surface area (Å²) in [6.45, 7) is 6.89. The molecule has 0 aliphatic heterocycles. The molecule has 0 aliphatic rings. The minimum atomic E-state index is -0.455. The normalized spacial score (nSPS) is 9.82. The Morgan fingerprint density at radius 1 is 1.47 bits per heavy atom. The number of rotatable bonds is 4. The first-order valence-electron chi connectivity index (χ1n) is 5.14. The molecule has 1 rings (SSSR count). The summed E-state index contributed by atoms with van der Waals surface area (Å²) in [5, 5.41) is 9.65. The van der Waals surface area contributed by atoms with E-state index in [1.54, 1.807) is 26.0 Å². The van der Waals surface area contributed by atoms with E-state index in [1.165, 1.54) is 7.11 Å². The molecule has 0 saturated heterocycles. The highest BCUT2D eigenvalue weighted by Gasteiger charge is 2.09. The summed E-state index contributed by atoms with van der Waals surface area (Å²) in [5.74, 6) is 0.223. The smallest absolute Gasteiger partial charge is 0.333 e. The zero-order valence-corrected chi connectivity index (χ0v) is 10.2. The Labute approximate surface area is 100 Å². The zero-order chi connectivity index (χ0) is 13.0. The zero-order valence-electron chi connectivity index (χ0n) is 10.2. The van der Waals surface area contributed by atoms with Crippen LogP contribution in [-0.2, 0) is 16.1 Å². The molecule has 0 spiro atoms. The average Bonchev–Trinajstić information content (AvgIpc) is 2.29. The number of esters is 1. The molecule has 92 valence electrons. The Morgan fingerprint density at radius 3 is 2.65 bits per heavy atom. The Balaban J connectivity index is 2.82. The molecule has 0 fully saturated rings. The second-order valence-corrected chi connectivity index (χ2v) is 3.80. The molecule has 4 heteroatoms. The fraction of sp³-hybridized carbons (Fsp3) is 0.308. The van der Waals surface area contributed by atoms with Crippen LogP contribution in [0, 0.1) is 6.92 Å². The SMILES string of the molecule is C=C(C)C(=O)OCc1cc(O)c(C)c(OC)c1. The first-order chi connectivity index (χ1) is 7.95. The van der Waals surface area contributed by atoms with Crippen molar-refractivity contribution in [2.45, 2.75) is 20.5 Å². The van der Waals surface area contributed by atoms with Gasteiger partial charge in [-0.05, 0) is 31.5 Å². The van der Waals surface area contributed by atoms with E-state index in [-0.39, 0.29) is 12.4 Å². The van der Waals surface area contributed by atoms with E-state index in [2.05, 4.69) is 6.58 Å². The molecule has 1 N–H and O–H groups in total. The lowest BCUT2D eigenvalue weighted by Crippen LogP contribution is -2.05. The topological polar surface area (TPSA) is 55.8 Å². The van der Waals surface area contributed by atoms with Gasteiger partial charge < -0.3 is 14.6 Å². The average molecular weight is 236 g/mol. The Morgan fingerprint density at radius 2 is 2.12 bits per heavy atom. The van der Waals surface area contributed by atoms with E-state index >= 15 is 0 Å². The van der Waals surface area contributed by atoms with Gasteiger partial charge in [0.2, 0.25) is 0 Å². The molecule has 0 unspecified atom stereocenters. The van der Waals surface area contributed by atoms with Crippen molar-refractivity contribution in [3.63, 3.8) is 0 Å². The maximum absolute atomic E-state index is 11.2. The molecular formula is C13H16O4. The monoisotopic (exact) mass is 236 g/mol. The number of carbonyl (C=O) groups is 1. The van der Waals surface area contributed by atoms with Crippen molar-refractivity contribution in [3.05, 3.63) is 35.4 Å². The van der Waals surface area contributed by atoms with Crippen LogP contribution in [0.4, 0.5) is 0 Å². The van der Waals surface area contributed by atoms with Crippen molar-refractivity contribution < 1.29 is 19.4 Å². The fourth-order valence-corrected chi connectivity index (χ4v) is 1.30. The summed E-state index contributed by atoms with van der Waals surface area (Å²) in [4.78, 5) is 11.2. The number of phenolic OH excluding ortho intramolecular Hbond substituents is 1. The van der Waals surface area contributed by atoms with Crippen LogP contribution in [0.2, 0.25) is 0 Å². The van der Waals surface area contributed by atoms with Gasteiger partial charge in [-0.2, -0.15) is 0 Å². The summed E-state index contributed by atoms with van der Waals surface area (Å²) in [5.41, 5.74) is 1.66. The van der Waals surface area contributed by atoms with Crippen LogP contribution in [0.25, 0.3) is 0 Å². The van der Waals surface area contributed by atoms with E-state index < -0.39 is 5.97 Å². The summed E-state index contributed by atoms with van der Waals surface area (Å²) in [6.07, 6.45) is 0. The molecule has 17 heavy (non-hydrogen) atoms. The number of hydrogen-bond donors (Lipinski definition) is 1. The fourth-order valence-electron chi connectivity index (χ4n) is 1.30. The first kappa shape index (κ1) is 13.1. The number of phenols is 1. The molecule has 4 nitrogen and oxygen atoms in total. The maximum atomic E-state index is 11.2. The largest absolute Gasteiger partial charge is 0.508 e. The maximum Gasteiger partial charge on any atom is 0.333 e. The van der Waals surface area contributed by atoms with Gasteiger partial charge in [0.1, 0.15) is 18.1 Å². The number of aromatic hydroxyl groups is 1. The van der Waals surface area contributed by atoms with Crippen LogP contribution in [0.1, 0.15) is 18.1 Å². The van der Waals surface area contributed by atoms with Crippen molar-refractivity contribution in [2.75, 3.05) is 7.11 Å². The van der Waals surface area contributed by atoms with Crippen molar-refractivity contribution in [1.29, 1.82) is 0 Å². The van der Waals surface area contributed by atoms with Crippen LogP contribution in [0.15, 0.2) is 24.3 Å². The minimum Gasteiger partial charge on any atom is -0.508 e. The molecule has 0 amide bonds. The van der Waals surface area contributed by atoms with Crippen molar-refractivity contribution >= 4 is 5.97 Å². The molecule has 0 atom stereocenters. The molecule has 0 aromatic heterocycles. The second kappa shape index (κ2) is 5.39. The third-order valence-corrected chi connectivity index (χ3v) is 2.33. The highest BCUT2D eigenvalue weighted by molar-refractivity contribution is 5.86. The highest BCUT2D eigenvalue weighted by atomic mass is 16.5. The molecule has 0 aliphatic carbocycles. The van der Waals surface area contributed by atoms with Gasteiger partial charge in [-0.3, -0.25) is 0 Å². The Bertz CT molecular complexity index is 449. The van der Waals surface area contributed by atoms with E-state index in [9.17, 15) is 9.90 Å². The van der Waals surface area contributed by atoms with E-state index in [0.29, 0.717) is 22.4 Å². The van der Waals surface area contributed by atoms with Crippen LogP contribution in [-0.4, -0.2) is 18.2 Å². The van der Waals surface area contributed by atoms with E-state index in [1.807, 2.05) is 0 Å². The van der Waals surface area contributed by atoms with Crippen LogP contribution in [0.3, 0.4) is 0 Å². The Hall–Kier alpha value is -1.97. The van der Waals surface area contributed by atoms with Crippen LogP contribution in [0.5, 0.6) is 11.5 Å². The first-order valence-corrected chi connectivity index (χ1v) is 5.14. The quantitative estimate of drug-likeness (QED) is 0.644. The standard InChI is InChI=1S/C13H16O4/c1-8(2)13(15)17-7-10-5-11(14)9(3)12(6-10)16-4/h5-6,14H,1,7H2,2-4H3. The minimum absolute atomic E-state index is 0.0793. The van der Waals surface area contributed by atoms with Gasteiger partial charge in [-0.1, -0.05) is 6.58 Å². The highest BCUT2D eigenvalue weighted by Crippen LogP contribution is 2.28. The summed E-state index contributed by atoms with van der Waals surface area (Å²) >= 11 is 0. The lowest BCUT2D eigenvalue weighted by atomic mass is 10.1. The van der Waals surface area contributed by atoms with E-state index in [0.717, 1.165) is 0 Å². The molecule has 0 heterocycles. The predicted octanol–water partition coefficient (Wildman–Crippen LogP) is 2.33. The molecule has 0 saturated carbocycles. The predicted molar refractivity (Wildman–Crippen MR) is 64.0 cm³/mol. The summed E-state index contributed by atoms with van der Waals surface area (Å²) in [7, 11) is 1.52. The van der Waals surface area contributed by atoms with Crippen molar-refractivity contribution in [2.24, 2.45) is 0 Å². The number of benzene rings is 1. The second-order valence-electron chi connectivity index (χ2n) is 3.80. The van der Waals surface area contributed by atoms with Gasteiger partial charge in [0, 0.05) is 11.1 Å². The number of methoxy groups -OCH3 is 1. The van der Waals surface area contributed by atoms with Gasteiger partial charge in [-0.15, -0.1) is 0 Å².